The molecule has 4 rings (SSSR count). The molecule has 140 valence electrons. The largest absolute Gasteiger partial charge is 0.287 e. The van der Waals surface area contributed by atoms with Gasteiger partial charge in [-0.15, -0.1) is 0 Å². The Labute approximate surface area is 169 Å². The molecule has 0 spiro atoms. The molecule has 0 bridgehead atoms. The zero-order valence-corrected chi connectivity index (χ0v) is 16.7. The van der Waals surface area contributed by atoms with Gasteiger partial charge in [-0.3, -0.25) is 9.36 Å². The maximum absolute atomic E-state index is 13.1. The first-order chi connectivity index (χ1) is 13.7. The van der Waals surface area contributed by atoms with E-state index in [1.165, 1.54) is 16.7 Å². The van der Waals surface area contributed by atoms with Crippen LogP contribution < -0.4 is 5.56 Å². The third-order valence-electron chi connectivity index (χ3n) is 4.78. The van der Waals surface area contributed by atoms with Crippen LogP contribution in [0.4, 0.5) is 0 Å². The summed E-state index contributed by atoms with van der Waals surface area (Å²) in [5, 5.41) is 1.45. The Bertz CT molecular complexity index is 1130. The van der Waals surface area contributed by atoms with Gasteiger partial charge in [0, 0.05) is 12.3 Å². The first-order valence-corrected chi connectivity index (χ1v) is 10.4. The summed E-state index contributed by atoms with van der Waals surface area (Å²) in [6.45, 7) is 2.71. The molecule has 0 radical (unpaired) electrons. The SMILES string of the molecule is Cc1ccc(CSc2nc3ccccc3c(=O)n2CCc2ccccc2)cc1. The number of hydrogen-bond donors (Lipinski definition) is 0. The molecule has 3 nitrogen and oxygen atoms in total. The van der Waals surface area contributed by atoms with Gasteiger partial charge in [0.1, 0.15) is 0 Å². The monoisotopic (exact) mass is 386 g/mol. The molecule has 0 saturated carbocycles. The second-order valence-corrected chi connectivity index (χ2v) is 7.82. The fourth-order valence-corrected chi connectivity index (χ4v) is 4.15. The van der Waals surface area contributed by atoms with Crippen LogP contribution in [0.1, 0.15) is 16.7 Å². The molecule has 0 N–H and O–H groups in total. The molecule has 0 saturated heterocycles. The Morgan fingerprint density at radius 2 is 1.57 bits per heavy atom. The highest BCUT2D eigenvalue weighted by Gasteiger charge is 2.12. The van der Waals surface area contributed by atoms with Crippen molar-refractivity contribution in [2.75, 3.05) is 0 Å². The number of benzene rings is 3. The van der Waals surface area contributed by atoms with E-state index in [-0.39, 0.29) is 5.56 Å². The minimum absolute atomic E-state index is 0.0351. The van der Waals surface area contributed by atoms with Crippen LogP contribution in [0.25, 0.3) is 10.9 Å². The van der Waals surface area contributed by atoms with Crippen LogP contribution in [0.2, 0.25) is 0 Å². The number of aromatic nitrogens is 2. The summed E-state index contributed by atoms with van der Waals surface area (Å²) in [7, 11) is 0. The maximum atomic E-state index is 13.1. The normalized spacial score (nSPS) is 11.0. The van der Waals surface area contributed by atoms with E-state index in [2.05, 4.69) is 43.3 Å². The number of nitrogens with zero attached hydrogens (tertiary/aromatic N) is 2. The lowest BCUT2D eigenvalue weighted by Crippen LogP contribution is -2.24. The van der Waals surface area contributed by atoms with Crippen LogP contribution in [-0.2, 0) is 18.7 Å². The minimum Gasteiger partial charge on any atom is -0.287 e. The van der Waals surface area contributed by atoms with E-state index >= 15 is 0 Å². The van der Waals surface area contributed by atoms with Crippen LogP contribution >= 0.6 is 11.8 Å². The summed E-state index contributed by atoms with van der Waals surface area (Å²) in [5.74, 6) is 0.788. The van der Waals surface area contributed by atoms with E-state index in [9.17, 15) is 4.79 Å². The Morgan fingerprint density at radius 1 is 0.857 bits per heavy atom. The first-order valence-electron chi connectivity index (χ1n) is 9.42. The molecule has 0 aliphatic carbocycles. The molecule has 1 heterocycles. The maximum Gasteiger partial charge on any atom is 0.262 e. The Morgan fingerprint density at radius 3 is 2.36 bits per heavy atom. The molecule has 0 aliphatic rings. The molecule has 4 aromatic rings. The molecule has 28 heavy (non-hydrogen) atoms. The quantitative estimate of drug-likeness (QED) is 0.336. The van der Waals surface area contributed by atoms with Gasteiger partial charge in [-0.05, 0) is 36.6 Å². The first kappa shape index (κ1) is 18.5. The van der Waals surface area contributed by atoms with Gasteiger partial charge in [0.2, 0.25) is 0 Å². The van der Waals surface area contributed by atoms with E-state index in [0.717, 1.165) is 22.8 Å². The van der Waals surface area contributed by atoms with Crippen LogP contribution in [0.3, 0.4) is 0 Å². The van der Waals surface area contributed by atoms with Gasteiger partial charge in [-0.25, -0.2) is 4.98 Å². The van der Waals surface area contributed by atoms with Gasteiger partial charge < -0.3 is 0 Å². The zero-order valence-electron chi connectivity index (χ0n) is 15.8. The summed E-state index contributed by atoms with van der Waals surface area (Å²) < 4.78 is 1.83. The Hall–Kier alpha value is -2.85. The van der Waals surface area contributed by atoms with Crippen LogP contribution in [0, 0.1) is 6.92 Å². The number of para-hydroxylation sites is 1. The van der Waals surface area contributed by atoms with Crippen LogP contribution in [0.15, 0.2) is 88.8 Å². The van der Waals surface area contributed by atoms with Crippen molar-refractivity contribution in [1.29, 1.82) is 0 Å². The van der Waals surface area contributed by atoms with E-state index < -0.39 is 0 Å². The second kappa shape index (κ2) is 8.44. The van der Waals surface area contributed by atoms with Crippen molar-refractivity contribution in [1.82, 2.24) is 9.55 Å². The topological polar surface area (TPSA) is 34.9 Å². The third-order valence-corrected chi connectivity index (χ3v) is 5.83. The summed E-state index contributed by atoms with van der Waals surface area (Å²) in [4.78, 5) is 17.9. The third kappa shape index (κ3) is 4.18. The zero-order chi connectivity index (χ0) is 19.3. The van der Waals surface area contributed by atoms with E-state index in [4.69, 9.17) is 4.98 Å². The van der Waals surface area contributed by atoms with Crippen LogP contribution in [-0.4, -0.2) is 9.55 Å². The van der Waals surface area contributed by atoms with E-state index in [1.54, 1.807) is 11.8 Å². The standard InChI is InChI=1S/C24H22N2OS/c1-18-11-13-20(14-12-18)17-28-24-25-22-10-6-5-9-21(22)23(27)26(24)16-15-19-7-3-2-4-8-19/h2-14H,15-17H2,1H3. The number of aryl methyl sites for hydroxylation is 2. The summed E-state index contributed by atoms with van der Waals surface area (Å²) >= 11 is 1.62. The molecule has 0 fully saturated rings. The Kier molecular flexibility index (Phi) is 5.58. The molecule has 0 atom stereocenters. The molecular weight excluding hydrogens is 364 g/mol. The van der Waals surface area contributed by atoms with Gasteiger partial charge in [-0.1, -0.05) is 84.1 Å². The summed E-state index contributed by atoms with van der Waals surface area (Å²) in [6, 6.07) is 26.4. The lowest BCUT2D eigenvalue weighted by Gasteiger charge is -2.13. The van der Waals surface area contributed by atoms with Gasteiger partial charge in [-0.2, -0.15) is 0 Å². The number of rotatable bonds is 6. The van der Waals surface area contributed by atoms with Gasteiger partial charge in [0.25, 0.3) is 5.56 Å². The van der Waals surface area contributed by atoms with Crippen molar-refractivity contribution in [3.63, 3.8) is 0 Å². The number of fused-ring (bicyclic) bond motifs is 1. The van der Waals surface area contributed by atoms with Gasteiger partial charge in [0.15, 0.2) is 5.16 Å². The van der Waals surface area contributed by atoms with Crippen molar-refractivity contribution in [3.05, 3.63) is 106 Å². The molecule has 0 unspecified atom stereocenters. The lowest BCUT2D eigenvalue weighted by molar-refractivity contribution is 0.595. The van der Waals surface area contributed by atoms with Crippen molar-refractivity contribution in [2.45, 2.75) is 30.8 Å². The van der Waals surface area contributed by atoms with Crippen molar-refractivity contribution >= 4 is 22.7 Å². The minimum atomic E-state index is 0.0351. The molecule has 0 aliphatic heterocycles. The van der Waals surface area contributed by atoms with Crippen LogP contribution in [0.5, 0.6) is 0 Å². The predicted molar refractivity (Wildman–Crippen MR) is 117 cm³/mol. The Balaban J connectivity index is 1.66. The molecule has 0 amide bonds. The fraction of sp³-hybridized carbons (Fsp3) is 0.167. The lowest BCUT2D eigenvalue weighted by atomic mass is 10.1. The number of thioether (sulfide) groups is 1. The predicted octanol–water partition coefficient (Wildman–Crippen LogP) is 5.24. The highest BCUT2D eigenvalue weighted by molar-refractivity contribution is 7.98. The molecule has 4 heteroatoms. The van der Waals surface area contributed by atoms with Crippen molar-refractivity contribution in [2.24, 2.45) is 0 Å². The van der Waals surface area contributed by atoms with Crippen molar-refractivity contribution < 1.29 is 0 Å². The molecular formula is C24H22N2OS. The van der Waals surface area contributed by atoms with E-state index in [0.29, 0.717) is 11.9 Å². The second-order valence-electron chi connectivity index (χ2n) is 6.88. The van der Waals surface area contributed by atoms with Crippen molar-refractivity contribution in [3.8, 4) is 0 Å². The highest BCUT2D eigenvalue weighted by atomic mass is 32.2. The average molecular weight is 387 g/mol. The summed E-state index contributed by atoms with van der Waals surface area (Å²) in [6.07, 6.45) is 0.804. The smallest absolute Gasteiger partial charge is 0.262 e. The molecule has 1 aromatic heterocycles. The van der Waals surface area contributed by atoms with Gasteiger partial charge >= 0.3 is 0 Å². The summed E-state index contributed by atoms with van der Waals surface area (Å²) in [5.41, 5.74) is 4.49. The fourth-order valence-electron chi connectivity index (χ4n) is 3.17. The average Bonchev–Trinajstić information content (AvgIpc) is 2.74. The van der Waals surface area contributed by atoms with Gasteiger partial charge in [0.05, 0.1) is 10.9 Å². The highest BCUT2D eigenvalue weighted by Crippen LogP contribution is 2.22. The van der Waals surface area contributed by atoms with E-state index in [1.807, 2.05) is 47.0 Å². The number of hydrogen-bond acceptors (Lipinski definition) is 3. The molecule has 3 aromatic carbocycles.